The van der Waals surface area contributed by atoms with Crippen LogP contribution in [-0.2, 0) is 0 Å². The Labute approximate surface area is 121 Å². The summed E-state index contributed by atoms with van der Waals surface area (Å²) < 4.78 is 0. The molecule has 1 aromatic carbocycles. The Hall–Kier alpha value is -1.84. The van der Waals surface area contributed by atoms with E-state index >= 15 is 0 Å². The van der Waals surface area contributed by atoms with Crippen LogP contribution in [0.4, 0.5) is 11.5 Å². The van der Waals surface area contributed by atoms with E-state index in [2.05, 4.69) is 35.6 Å². The lowest BCUT2D eigenvalue weighted by Crippen LogP contribution is -2.34. The average molecular weight is 272 g/mol. The first-order valence-electron chi connectivity index (χ1n) is 7.44. The third-order valence-electron chi connectivity index (χ3n) is 3.79. The summed E-state index contributed by atoms with van der Waals surface area (Å²) in [6.45, 7) is 7.69. The van der Waals surface area contributed by atoms with Crippen LogP contribution in [0.2, 0.25) is 0 Å². The molecule has 108 valence electrons. The van der Waals surface area contributed by atoms with Crippen molar-refractivity contribution in [2.75, 3.05) is 17.2 Å². The quantitative estimate of drug-likeness (QED) is 0.816. The highest BCUT2D eigenvalue weighted by molar-refractivity contribution is 5.91. The van der Waals surface area contributed by atoms with Gasteiger partial charge in [0.1, 0.15) is 12.1 Å². The minimum absolute atomic E-state index is 0.459. The van der Waals surface area contributed by atoms with Crippen molar-refractivity contribution in [3.05, 3.63) is 24.5 Å². The van der Waals surface area contributed by atoms with Gasteiger partial charge in [0, 0.05) is 23.7 Å². The van der Waals surface area contributed by atoms with Crippen molar-refractivity contribution in [2.45, 2.75) is 46.1 Å². The molecule has 2 N–H and O–H groups in total. The number of hydrogen-bond acceptors (Lipinski definition) is 4. The topological polar surface area (TPSA) is 55.0 Å². The first kappa shape index (κ1) is 14.6. The molecule has 2 aromatic rings. The van der Waals surface area contributed by atoms with E-state index in [1.54, 1.807) is 6.33 Å². The van der Waals surface area contributed by atoms with Crippen LogP contribution in [0, 0.1) is 0 Å². The van der Waals surface area contributed by atoms with Crippen LogP contribution < -0.4 is 10.6 Å². The van der Waals surface area contributed by atoms with E-state index in [0.717, 1.165) is 41.8 Å². The van der Waals surface area contributed by atoms with Gasteiger partial charge in [0.15, 0.2) is 0 Å². The number of nitrogens with zero attached hydrogens (tertiary/aromatic N) is 3. The van der Waals surface area contributed by atoms with Crippen LogP contribution in [0.5, 0.6) is 0 Å². The van der Waals surface area contributed by atoms with E-state index in [0.29, 0.717) is 6.04 Å². The zero-order valence-corrected chi connectivity index (χ0v) is 12.6. The highest BCUT2D eigenvalue weighted by atomic mass is 15.2. The number of benzene rings is 1. The van der Waals surface area contributed by atoms with E-state index in [1.165, 1.54) is 6.42 Å². The largest absolute Gasteiger partial charge is 0.399 e. The number of nitrogens with two attached hydrogens (primary N) is 1. The summed E-state index contributed by atoms with van der Waals surface area (Å²) in [5.74, 6) is 1.00. The zero-order chi connectivity index (χ0) is 14.5. The summed E-state index contributed by atoms with van der Waals surface area (Å²) in [4.78, 5) is 11.2. The van der Waals surface area contributed by atoms with Crippen molar-refractivity contribution in [1.82, 2.24) is 9.97 Å². The maximum absolute atomic E-state index is 5.93. The third-order valence-corrected chi connectivity index (χ3v) is 3.79. The molecule has 2 rings (SSSR count). The molecule has 1 atom stereocenters. The molecule has 1 heterocycles. The lowest BCUT2D eigenvalue weighted by atomic mass is 10.1. The molecule has 0 aliphatic heterocycles. The number of rotatable bonds is 6. The fourth-order valence-electron chi connectivity index (χ4n) is 2.37. The van der Waals surface area contributed by atoms with Gasteiger partial charge in [0.2, 0.25) is 0 Å². The molecule has 0 saturated heterocycles. The molecular formula is C16H24N4. The lowest BCUT2D eigenvalue weighted by molar-refractivity contribution is 0.591. The molecule has 0 aliphatic carbocycles. The van der Waals surface area contributed by atoms with Gasteiger partial charge in [-0.1, -0.05) is 20.3 Å². The van der Waals surface area contributed by atoms with Gasteiger partial charge in [0.25, 0.3) is 0 Å². The molecule has 1 unspecified atom stereocenters. The van der Waals surface area contributed by atoms with Crippen molar-refractivity contribution in [3.63, 3.8) is 0 Å². The summed E-state index contributed by atoms with van der Waals surface area (Å²) in [5.41, 5.74) is 7.64. The van der Waals surface area contributed by atoms with Gasteiger partial charge in [-0.05, 0) is 38.0 Å². The Balaban J connectivity index is 2.48. The number of unbranched alkanes of at least 4 members (excludes halogenated alkanes) is 1. The molecule has 4 nitrogen and oxygen atoms in total. The van der Waals surface area contributed by atoms with Gasteiger partial charge in [0.05, 0.1) is 5.52 Å². The highest BCUT2D eigenvalue weighted by Crippen LogP contribution is 2.27. The maximum Gasteiger partial charge on any atom is 0.140 e. The molecular weight excluding hydrogens is 248 g/mol. The molecule has 0 saturated carbocycles. The molecule has 0 radical (unpaired) electrons. The second-order valence-electron chi connectivity index (χ2n) is 5.28. The Morgan fingerprint density at radius 1 is 1.25 bits per heavy atom. The van der Waals surface area contributed by atoms with Crippen molar-refractivity contribution < 1.29 is 0 Å². The van der Waals surface area contributed by atoms with E-state index in [-0.39, 0.29) is 0 Å². The fraction of sp³-hybridized carbons (Fsp3) is 0.500. The predicted molar refractivity (Wildman–Crippen MR) is 86.0 cm³/mol. The number of fused-ring (bicyclic) bond motifs is 1. The van der Waals surface area contributed by atoms with Gasteiger partial charge >= 0.3 is 0 Å². The maximum atomic E-state index is 5.93. The van der Waals surface area contributed by atoms with Crippen LogP contribution in [0.15, 0.2) is 24.5 Å². The van der Waals surface area contributed by atoms with Crippen molar-refractivity contribution in [2.24, 2.45) is 0 Å². The summed E-state index contributed by atoms with van der Waals surface area (Å²) >= 11 is 0. The second-order valence-corrected chi connectivity index (χ2v) is 5.28. The van der Waals surface area contributed by atoms with E-state index < -0.39 is 0 Å². The summed E-state index contributed by atoms with van der Waals surface area (Å²) in [7, 11) is 0. The smallest absolute Gasteiger partial charge is 0.140 e. The normalized spacial score (nSPS) is 12.6. The fourth-order valence-corrected chi connectivity index (χ4v) is 2.37. The molecule has 4 heteroatoms. The van der Waals surface area contributed by atoms with Crippen molar-refractivity contribution >= 4 is 22.4 Å². The number of hydrogen-bond donors (Lipinski definition) is 1. The third kappa shape index (κ3) is 3.00. The predicted octanol–water partition coefficient (Wildman–Crippen LogP) is 3.62. The summed E-state index contributed by atoms with van der Waals surface area (Å²) in [6.07, 6.45) is 5.09. The molecule has 0 aliphatic rings. The van der Waals surface area contributed by atoms with Crippen LogP contribution >= 0.6 is 0 Å². The SMILES string of the molecule is CCCCN(c1ncnc2ccc(N)cc12)C(C)CC. The van der Waals surface area contributed by atoms with E-state index in [1.807, 2.05) is 18.2 Å². The van der Waals surface area contributed by atoms with E-state index in [4.69, 9.17) is 5.73 Å². The standard InChI is InChI=1S/C16H24N4/c1-4-6-9-20(12(3)5-2)16-14-10-13(17)7-8-15(14)18-11-19-16/h7-8,10-12H,4-6,9,17H2,1-3H3. The van der Waals surface area contributed by atoms with Crippen LogP contribution in [0.1, 0.15) is 40.0 Å². The molecule has 20 heavy (non-hydrogen) atoms. The van der Waals surface area contributed by atoms with Crippen molar-refractivity contribution in [3.8, 4) is 0 Å². The minimum Gasteiger partial charge on any atom is -0.399 e. The van der Waals surface area contributed by atoms with Crippen LogP contribution in [-0.4, -0.2) is 22.6 Å². The molecule has 1 aromatic heterocycles. The van der Waals surface area contributed by atoms with E-state index in [9.17, 15) is 0 Å². The highest BCUT2D eigenvalue weighted by Gasteiger charge is 2.16. The summed E-state index contributed by atoms with van der Waals surface area (Å²) in [6, 6.07) is 6.29. The summed E-state index contributed by atoms with van der Waals surface area (Å²) in [5, 5.41) is 1.05. The number of nitrogen functional groups attached to an aromatic ring is 1. The Bertz CT molecular complexity index is 567. The average Bonchev–Trinajstić information content (AvgIpc) is 2.47. The van der Waals surface area contributed by atoms with Crippen LogP contribution in [0.3, 0.4) is 0 Å². The Morgan fingerprint density at radius 3 is 2.75 bits per heavy atom. The first-order chi connectivity index (χ1) is 9.67. The zero-order valence-electron chi connectivity index (χ0n) is 12.6. The van der Waals surface area contributed by atoms with Gasteiger partial charge in [-0.25, -0.2) is 9.97 Å². The molecule has 0 spiro atoms. The molecule has 0 bridgehead atoms. The molecule has 0 fully saturated rings. The van der Waals surface area contributed by atoms with Crippen LogP contribution in [0.25, 0.3) is 10.9 Å². The van der Waals surface area contributed by atoms with Gasteiger partial charge in [-0.2, -0.15) is 0 Å². The monoisotopic (exact) mass is 272 g/mol. The van der Waals surface area contributed by atoms with Gasteiger partial charge in [-0.15, -0.1) is 0 Å². The lowest BCUT2D eigenvalue weighted by Gasteiger charge is -2.30. The van der Waals surface area contributed by atoms with Crippen molar-refractivity contribution in [1.29, 1.82) is 0 Å². The van der Waals surface area contributed by atoms with Gasteiger partial charge in [-0.3, -0.25) is 0 Å². The minimum atomic E-state index is 0.459. The Kier molecular flexibility index (Phi) is 4.77. The molecule has 0 amide bonds. The first-order valence-corrected chi connectivity index (χ1v) is 7.44. The number of aromatic nitrogens is 2. The second kappa shape index (κ2) is 6.55. The van der Waals surface area contributed by atoms with Gasteiger partial charge < -0.3 is 10.6 Å². The Morgan fingerprint density at radius 2 is 2.05 bits per heavy atom. The number of anilines is 2.